The molecule has 0 saturated heterocycles. The molecular formula is C12H15NO3. The molecule has 0 aliphatic rings. The zero-order valence-electron chi connectivity index (χ0n) is 9.69. The summed E-state index contributed by atoms with van der Waals surface area (Å²) in [5.74, 6) is 0.128. The first-order valence-electron chi connectivity index (χ1n) is 5.09. The first kappa shape index (κ1) is 12.4. The Kier molecular flexibility index (Phi) is 4.17. The highest BCUT2D eigenvalue weighted by Crippen LogP contribution is 2.17. The second-order valence-electron chi connectivity index (χ2n) is 3.65. The van der Waals surface area contributed by atoms with Crippen LogP contribution in [-0.2, 0) is 4.79 Å². The van der Waals surface area contributed by atoms with Crippen LogP contribution in [0.1, 0.15) is 29.4 Å². The summed E-state index contributed by atoms with van der Waals surface area (Å²) >= 11 is 0. The Balaban J connectivity index is 2.95. The van der Waals surface area contributed by atoms with E-state index in [2.05, 4.69) is 4.98 Å². The van der Waals surface area contributed by atoms with Gasteiger partial charge in [0.25, 0.3) is 0 Å². The van der Waals surface area contributed by atoms with Gasteiger partial charge in [-0.2, -0.15) is 0 Å². The maximum absolute atomic E-state index is 11.9. The SMILES string of the molecule is COc1ccc(C(=O)C(C)CC=O)c(C)n1. The van der Waals surface area contributed by atoms with Gasteiger partial charge in [-0.3, -0.25) is 4.79 Å². The van der Waals surface area contributed by atoms with Gasteiger partial charge in [-0.05, 0) is 13.0 Å². The van der Waals surface area contributed by atoms with Gasteiger partial charge in [-0.25, -0.2) is 4.98 Å². The van der Waals surface area contributed by atoms with Gasteiger partial charge in [0, 0.05) is 24.0 Å². The lowest BCUT2D eigenvalue weighted by Gasteiger charge is -2.09. The van der Waals surface area contributed by atoms with E-state index in [1.54, 1.807) is 26.0 Å². The summed E-state index contributed by atoms with van der Waals surface area (Å²) in [5, 5.41) is 0. The normalized spacial score (nSPS) is 11.9. The molecule has 0 spiro atoms. The van der Waals surface area contributed by atoms with Gasteiger partial charge in [0.1, 0.15) is 6.29 Å². The van der Waals surface area contributed by atoms with E-state index in [-0.39, 0.29) is 18.1 Å². The molecule has 16 heavy (non-hydrogen) atoms. The topological polar surface area (TPSA) is 56.3 Å². The summed E-state index contributed by atoms with van der Waals surface area (Å²) < 4.78 is 4.96. The molecule has 1 aromatic heterocycles. The van der Waals surface area contributed by atoms with Crippen LogP contribution in [0.15, 0.2) is 12.1 Å². The van der Waals surface area contributed by atoms with E-state index >= 15 is 0 Å². The Morgan fingerprint density at radius 1 is 1.56 bits per heavy atom. The van der Waals surface area contributed by atoms with Gasteiger partial charge in [0.2, 0.25) is 5.88 Å². The number of aryl methyl sites for hydroxylation is 1. The van der Waals surface area contributed by atoms with Crippen molar-refractivity contribution in [2.45, 2.75) is 20.3 Å². The predicted molar refractivity (Wildman–Crippen MR) is 59.7 cm³/mol. The van der Waals surface area contributed by atoms with E-state index in [0.29, 0.717) is 17.1 Å². The maximum Gasteiger partial charge on any atom is 0.213 e. The lowest BCUT2D eigenvalue weighted by atomic mass is 9.96. The number of Topliss-reactive ketones (excluding diaryl/α,β-unsaturated/α-hetero) is 1. The Bertz CT molecular complexity index is 401. The van der Waals surface area contributed by atoms with Gasteiger partial charge in [0.15, 0.2) is 5.78 Å². The molecule has 1 atom stereocenters. The Labute approximate surface area is 94.6 Å². The molecule has 86 valence electrons. The van der Waals surface area contributed by atoms with Crippen LogP contribution in [0.3, 0.4) is 0 Å². The third-order valence-electron chi connectivity index (χ3n) is 2.43. The highest BCUT2D eigenvalue weighted by Gasteiger charge is 2.17. The van der Waals surface area contributed by atoms with Crippen molar-refractivity contribution in [3.05, 3.63) is 23.4 Å². The first-order chi connectivity index (χ1) is 7.60. The molecule has 0 aliphatic carbocycles. The van der Waals surface area contributed by atoms with Gasteiger partial charge >= 0.3 is 0 Å². The van der Waals surface area contributed by atoms with Crippen molar-refractivity contribution in [3.8, 4) is 5.88 Å². The van der Waals surface area contributed by atoms with Crippen LogP contribution in [0.25, 0.3) is 0 Å². The average molecular weight is 221 g/mol. The number of methoxy groups -OCH3 is 1. The van der Waals surface area contributed by atoms with Crippen molar-refractivity contribution in [2.24, 2.45) is 5.92 Å². The molecule has 0 radical (unpaired) electrons. The van der Waals surface area contributed by atoms with Crippen LogP contribution < -0.4 is 4.74 Å². The minimum absolute atomic E-state index is 0.0558. The van der Waals surface area contributed by atoms with E-state index in [0.717, 1.165) is 6.29 Å². The average Bonchev–Trinajstić information content (AvgIpc) is 2.28. The number of nitrogens with zero attached hydrogens (tertiary/aromatic N) is 1. The van der Waals surface area contributed by atoms with Crippen LogP contribution in [0, 0.1) is 12.8 Å². The van der Waals surface area contributed by atoms with Crippen molar-refractivity contribution in [2.75, 3.05) is 7.11 Å². The van der Waals surface area contributed by atoms with Crippen LogP contribution in [0.4, 0.5) is 0 Å². The van der Waals surface area contributed by atoms with Crippen molar-refractivity contribution in [1.29, 1.82) is 0 Å². The first-order valence-corrected chi connectivity index (χ1v) is 5.09. The Hall–Kier alpha value is -1.71. The van der Waals surface area contributed by atoms with E-state index in [1.807, 2.05) is 0 Å². The summed E-state index contributed by atoms with van der Waals surface area (Å²) in [5.41, 5.74) is 1.18. The highest BCUT2D eigenvalue weighted by molar-refractivity contribution is 5.99. The third kappa shape index (κ3) is 2.66. The number of ether oxygens (including phenoxy) is 1. The molecule has 1 aromatic rings. The molecule has 1 rings (SSSR count). The summed E-state index contributed by atoms with van der Waals surface area (Å²) in [6, 6.07) is 3.33. The van der Waals surface area contributed by atoms with E-state index < -0.39 is 0 Å². The smallest absolute Gasteiger partial charge is 0.213 e. The quantitative estimate of drug-likeness (QED) is 0.562. The minimum atomic E-state index is -0.300. The van der Waals surface area contributed by atoms with Gasteiger partial charge in [-0.15, -0.1) is 0 Å². The van der Waals surface area contributed by atoms with Crippen LogP contribution in [0.2, 0.25) is 0 Å². The zero-order chi connectivity index (χ0) is 12.1. The molecule has 0 fully saturated rings. The van der Waals surface area contributed by atoms with Crippen LogP contribution in [0.5, 0.6) is 5.88 Å². The van der Waals surface area contributed by atoms with Crippen molar-refractivity contribution < 1.29 is 14.3 Å². The monoisotopic (exact) mass is 221 g/mol. The Morgan fingerprint density at radius 3 is 2.75 bits per heavy atom. The second kappa shape index (κ2) is 5.39. The molecule has 0 bridgehead atoms. The lowest BCUT2D eigenvalue weighted by Crippen LogP contribution is -2.14. The number of aromatic nitrogens is 1. The number of hydrogen-bond donors (Lipinski definition) is 0. The maximum atomic E-state index is 11.9. The Morgan fingerprint density at radius 2 is 2.25 bits per heavy atom. The number of hydrogen-bond acceptors (Lipinski definition) is 4. The number of carbonyl (C=O) groups is 2. The van der Waals surface area contributed by atoms with E-state index in [9.17, 15) is 9.59 Å². The summed E-state index contributed by atoms with van der Waals surface area (Å²) in [6.07, 6.45) is 0.999. The molecule has 1 heterocycles. The number of ketones is 1. The van der Waals surface area contributed by atoms with E-state index in [4.69, 9.17) is 4.74 Å². The molecule has 0 N–H and O–H groups in total. The standard InChI is InChI=1S/C12H15NO3/c1-8(6-7-14)12(15)10-4-5-11(16-3)13-9(10)2/h4-5,7-8H,6H2,1-3H3. The van der Waals surface area contributed by atoms with Gasteiger partial charge < -0.3 is 9.53 Å². The highest BCUT2D eigenvalue weighted by atomic mass is 16.5. The van der Waals surface area contributed by atoms with E-state index in [1.165, 1.54) is 7.11 Å². The molecule has 0 aromatic carbocycles. The zero-order valence-corrected chi connectivity index (χ0v) is 9.69. The molecule has 4 heteroatoms. The largest absolute Gasteiger partial charge is 0.481 e. The van der Waals surface area contributed by atoms with Crippen molar-refractivity contribution in [3.63, 3.8) is 0 Å². The number of pyridine rings is 1. The fourth-order valence-electron chi connectivity index (χ4n) is 1.43. The fraction of sp³-hybridized carbons (Fsp3) is 0.417. The van der Waals surface area contributed by atoms with Crippen molar-refractivity contribution >= 4 is 12.1 Å². The van der Waals surface area contributed by atoms with Crippen molar-refractivity contribution in [1.82, 2.24) is 4.98 Å². The molecule has 1 unspecified atom stereocenters. The molecule has 0 saturated carbocycles. The minimum Gasteiger partial charge on any atom is -0.481 e. The van der Waals surface area contributed by atoms with Crippen LogP contribution in [-0.4, -0.2) is 24.2 Å². The summed E-state index contributed by atoms with van der Waals surface area (Å²) in [4.78, 5) is 26.4. The predicted octanol–water partition coefficient (Wildman–Crippen LogP) is 1.81. The number of rotatable bonds is 5. The van der Waals surface area contributed by atoms with Crippen LogP contribution >= 0.6 is 0 Å². The fourth-order valence-corrected chi connectivity index (χ4v) is 1.43. The van der Waals surface area contributed by atoms with Gasteiger partial charge in [-0.1, -0.05) is 6.92 Å². The molecule has 4 nitrogen and oxygen atoms in total. The number of carbonyl (C=O) groups excluding carboxylic acids is 2. The van der Waals surface area contributed by atoms with Gasteiger partial charge in [0.05, 0.1) is 12.8 Å². The molecule has 0 aliphatic heterocycles. The molecular weight excluding hydrogens is 206 g/mol. The summed E-state index contributed by atoms with van der Waals surface area (Å²) in [6.45, 7) is 3.49. The third-order valence-corrected chi connectivity index (χ3v) is 2.43. The lowest BCUT2D eigenvalue weighted by molar-refractivity contribution is -0.108. The molecule has 0 amide bonds. The summed E-state index contributed by atoms with van der Waals surface area (Å²) in [7, 11) is 1.53. The number of aldehydes is 1. The second-order valence-corrected chi connectivity index (χ2v) is 3.65.